The molecule has 2 aromatic carbocycles. The summed E-state index contributed by atoms with van der Waals surface area (Å²) in [4.78, 5) is 37.5. The monoisotopic (exact) mass is 448 g/mol. The molecule has 0 bridgehead atoms. The molecule has 31 heavy (non-hydrogen) atoms. The van der Waals surface area contributed by atoms with Crippen LogP contribution in [0.5, 0.6) is 11.5 Å². The summed E-state index contributed by atoms with van der Waals surface area (Å²) in [6.45, 7) is 0.305. The molecule has 0 saturated carbocycles. The minimum absolute atomic E-state index is 0.0616. The van der Waals surface area contributed by atoms with Crippen LogP contribution in [-0.4, -0.2) is 49.6 Å². The Morgan fingerprint density at radius 3 is 2.45 bits per heavy atom. The Kier molecular flexibility index (Phi) is 6.65. The summed E-state index contributed by atoms with van der Waals surface area (Å²) in [5.74, 6) is 0.0698. The number of esters is 1. The van der Waals surface area contributed by atoms with E-state index in [4.69, 9.17) is 25.8 Å². The van der Waals surface area contributed by atoms with Crippen LogP contribution in [0.2, 0.25) is 5.02 Å². The van der Waals surface area contributed by atoms with Crippen LogP contribution in [-0.2, 0) is 16.0 Å². The molecule has 3 rings (SSSR count). The molecule has 0 spiro atoms. The quantitative estimate of drug-likeness (QED) is 0.377. The maximum Gasteiger partial charge on any atom is 0.307 e. The van der Waals surface area contributed by atoms with E-state index in [1.54, 1.807) is 6.07 Å². The highest BCUT2D eigenvalue weighted by molar-refractivity contribution is 6.32. The zero-order chi connectivity index (χ0) is 22.7. The van der Waals surface area contributed by atoms with Crippen molar-refractivity contribution in [3.05, 3.63) is 62.2 Å². The fraction of sp³-hybridized carbons (Fsp3) is 0.333. The van der Waals surface area contributed by atoms with Crippen LogP contribution in [0.25, 0.3) is 0 Å². The average Bonchev–Trinajstić information content (AvgIpc) is 2.77. The number of hydrogen-bond acceptors (Lipinski definition) is 7. The average molecular weight is 449 g/mol. The Labute approximate surface area is 183 Å². The molecule has 1 atom stereocenters. The summed E-state index contributed by atoms with van der Waals surface area (Å²) < 4.78 is 15.6. The molecule has 1 amide bonds. The number of fused-ring (bicyclic) bond motifs is 1. The number of carbonyl (C=O) groups excluding carboxylic acids is 2. The molecular formula is C21H21ClN2O7. The second-order valence-electron chi connectivity index (χ2n) is 6.87. The highest BCUT2D eigenvalue weighted by Gasteiger charge is 2.35. The summed E-state index contributed by atoms with van der Waals surface area (Å²) in [6, 6.07) is 6.81. The summed E-state index contributed by atoms with van der Waals surface area (Å²) >= 11 is 5.87. The van der Waals surface area contributed by atoms with Crippen LogP contribution >= 0.6 is 11.6 Å². The molecule has 0 aliphatic carbocycles. The van der Waals surface area contributed by atoms with Gasteiger partial charge in [0.05, 0.1) is 38.7 Å². The van der Waals surface area contributed by atoms with Crippen molar-refractivity contribution in [2.45, 2.75) is 18.9 Å². The van der Waals surface area contributed by atoms with Crippen LogP contribution in [0.1, 0.15) is 33.9 Å². The zero-order valence-electron chi connectivity index (χ0n) is 17.2. The van der Waals surface area contributed by atoms with Gasteiger partial charge >= 0.3 is 5.97 Å². The fourth-order valence-corrected chi connectivity index (χ4v) is 3.87. The standard InChI is InChI=1S/C21H21ClN2O7/c1-29-18-9-12-6-7-23(16(11-20(25)31-3)14(12)10-19(18)30-2)21(26)13-4-5-15(22)17(8-13)24(27)28/h4-5,8-10,16H,6-7,11H2,1-3H3/t16-/m1/s1. The number of methoxy groups -OCH3 is 3. The second-order valence-corrected chi connectivity index (χ2v) is 7.28. The first-order chi connectivity index (χ1) is 14.8. The van der Waals surface area contributed by atoms with Gasteiger partial charge in [0, 0.05) is 18.2 Å². The number of halogens is 1. The summed E-state index contributed by atoms with van der Waals surface area (Å²) in [6.07, 6.45) is 0.426. The number of ether oxygens (including phenoxy) is 3. The Morgan fingerprint density at radius 2 is 1.84 bits per heavy atom. The van der Waals surface area contributed by atoms with Crippen LogP contribution in [0.15, 0.2) is 30.3 Å². The number of amides is 1. The Hall–Kier alpha value is -3.33. The topological polar surface area (TPSA) is 108 Å². The minimum Gasteiger partial charge on any atom is -0.493 e. The molecule has 0 saturated heterocycles. The van der Waals surface area contributed by atoms with Crippen molar-refractivity contribution >= 4 is 29.2 Å². The highest BCUT2D eigenvalue weighted by Crippen LogP contribution is 2.40. The summed E-state index contributed by atoms with van der Waals surface area (Å²) in [5.41, 5.74) is 1.39. The Morgan fingerprint density at radius 1 is 1.16 bits per heavy atom. The lowest BCUT2D eigenvalue weighted by Gasteiger charge is -2.37. The molecule has 164 valence electrons. The van der Waals surface area contributed by atoms with Gasteiger partial charge in [0.25, 0.3) is 11.6 Å². The van der Waals surface area contributed by atoms with E-state index >= 15 is 0 Å². The van der Waals surface area contributed by atoms with Crippen molar-refractivity contribution in [1.29, 1.82) is 0 Å². The molecule has 9 nitrogen and oxygen atoms in total. The predicted molar refractivity (Wildman–Crippen MR) is 112 cm³/mol. The first kappa shape index (κ1) is 22.4. The van der Waals surface area contributed by atoms with Crippen molar-refractivity contribution in [2.24, 2.45) is 0 Å². The van der Waals surface area contributed by atoms with Crippen molar-refractivity contribution < 1.29 is 28.7 Å². The van der Waals surface area contributed by atoms with Crippen molar-refractivity contribution in [2.75, 3.05) is 27.9 Å². The van der Waals surface area contributed by atoms with E-state index in [0.29, 0.717) is 24.5 Å². The van der Waals surface area contributed by atoms with E-state index in [1.807, 2.05) is 6.07 Å². The third-order valence-corrected chi connectivity index (χ3v) is 5.56. The second kappa shape index (κ2) is 9.22. The zero-order valence-corrected chi connectivity index (χ0v) is 18.0. The van der Waals surface area contributed by atoms with Gasteiger partial charge in [0.1, 0.15) is 5.02 Å². The molecule has 0 unspecified atom stereocenters. The molecule has 1 aliphatic rings. The maximum absolute atomic E-state index is 13.3. The molecule has 0 aromatic heterocycles. The molecule has 1 heterocycles. The summed E-state index contributed by atoms with van der Waals surface area (Å²) in [5, 5.41) is 11.2. The van der Waals surface area contributed by atoms with Crippen LogP contribution < -0.4 is 9.47 Å². The molecule has 10 heteroatoms. The third-order valence-electron chi connectivity index (χ3n) is 5.24. The van der Waals surface area contributed by atoms with Gasteiger partial charge in [0.2, 0.25) is 0 Å². The fourth-order valence-electron chi connectivity index (χ4n) is 3.68. The number of rotatable bonds is 6. The molecule has 1 aliphatic heterocycles. The number of nitrogens with zero attached hydrogens (tertiary/aromatic N) is 2. The number of hydrogen-bond donors (Lipinski definition) is 0. The van der Waals surface area contributed by atoms with Crippen molar-refractivity contribution in [3.63, 3.8) is 0 Å². The largest absolute Gasteiger partial charge is 0.493 e. The number of nitro benzene ring substituents is 1. The third kappa shape index (κ3) is 4.41. The van der Waals surface area contributed by atoms with Gasteiger partial charge in [0.15, 0.2) is 11.5 Å². The lowest BCUT2D eigenvalue weighted by molar-refractivity contribution is -0.384. The summed E-state index contributed by atoms with van der Waals surface area (Å²) in [7, 11) is 4.30. The normalized spacial score (nSPS) is 15.1. The van der Waals surface area contributed by atoms with E-state index < -0.39 is 22.8 Å². The van der Waals surface area contributed by atoms with E-state index in [0.717, 1.165) is 17.2 Å². The van der Waals surface area contributed by atoms with Gasteiger partial charge in [-0.05, 0) is 41.8 Å². The number of nitro groups is 1. The van der Waals surface area contributed by atoms with E-state index in [1.165, 1.54) is 38.4 Å². The molecule has 0 radical (unpaired) electrons. The van der Waals surface area contributed by atoms with Gasteiger partial charge < -0.3 is 19.1 Å². The molecule has 2 aromatic rings. The van der Waals surface area contributed by atoms with Crippen molar-refractivity contribution in [3.8, 4) is 11.5 Å². The minimum atomic E-state index is -0.645. The van der Waals surface area contributed by atoms with E-state index in [2.05, 4.69) is 0 Å². The Balaban J connectivity index is 2.06. The molecule has 0 N–H and O–H groups in total. The lowest BCUT2D eigenvalue weighted by Crippen LogP contribution is -2.41. The van der Waals surface area contributed by atoms with E-state index in [9.17, 15) is 19.7 Å². The van der Waals surface area contributed by atoms with Gasteiger partial charge in [-0.2, -0.15) is 0 Å². The first-order valence-electron chi connectivity index (χ1n) is 9.37. The highest BCUT2D eigenvalue weighted by atomic mass is 35.5. The lowest BCUT2D eigenvalue weighted by atomic mass is 9.89. The van der Waals surface area contributed by atoms with Crippen LogP contribution in [0, 0.1) is 10.1 Å². The maximum atomic E-state index is 13.3. The molecular weight excluding hydrogens is 428 g/mol. The van der Waals surface area contributed by atoms with Crippen LogP contribution in [0.3, 0.4) is 0 Å². The van der Waals surface area contributed by atoms with Gasteiger partial charge in [-0.15, -0.1) is 0 Å². The SMILES string of the molecule is COC(=O)C[C@@H]1c2cc(OC)c(OC)cc2CCN1C(=O)c1ccc(Cl)c([N+](=O)[O-])c1. The Bertz CT molecular complexity index is 1040. The first-order valence-corrected chi connectivity index (χ1v) is 9.75. The molecule has 0 fully saturated rings. The number of benzene rings is 2. The van der Waals surface area contributed by atoms with Crippen LogP contribution in [0.4, 0.5) is 5.69 Å². The van der Waals surface area contributed by atoms with Gasteiger partial charge in [-0.3, -0.25) is 19.7 Å². The van der Waals surface area contributed by atoms with Gasteiger partial charge in [-0.25, -0.2) is 0 Å². The number of carbonyl (C=O) groups is 2. The van der Waals surface area contributed by atoms with Crippen molar-refractivity contribution in [1.82, 2.24) is 4.90 Å². The van der Waals surface area contributed by atoms with Gasteiger partial charge in [-0.1, -0.05) is 11.6 Å². The van der Waals surface area contributed by atoms with E-state index in [-0.39, 0.29) is 22.7 Å². The predicted octanol–water partition coefficient (Wildman–Crippen LogP) is 3.57. The smallest absolute Gasteiger partial charge is 0.307 e.